The number of nitrogens with one attached hydrogen (secondary N) is 2. The number of benzene rings is 4. The molecular formula is C32H18I4N8Zn. The Kier molecular flexibility index (Phi) is 8.10. The standard InChI is InChI=1S/C32H18N8.4HI.Zn/c1-2-10-18-17(9-1)25-33-26(18)38-28-21-13-5-6-14-22(21)30(35-28)40-32-24-16-8-7-15-23(24)31(36-32)39-29-20-12-4-3-11-19(20)27(34-29)37-25;;;;;/h1-16H,(H2,33,34,35,36,37,38,39,40);4*1H;/q;;;;;+4/p-4. The summed E-state index contributed by atoms with van der Waals surface area (Å²) in [5.41, 5.74) is 6.45. The van der Waals surface area contributed by atoms with Gasteiger partial charge in [0.05, 0.1) is 0 Å². The summed E-state index contributed by atoms with van der Waals surface area (Å²) in [6, 6.07) is 32.2. The molecule has 45 heavy (non-hydrogen) atoms. The summed E-state index contributed by atoms with van der Waals surface area (Å²) in [5, 5.41) is 3.82. The normalized spacial score (nSPS) is 11.6. The first-order valence-electron chi connectivity index (χ1n) is 14.1. The van der Waals surface area contributed by atoms with Gasteiger partial charge in [-0.3, -0.25) is 0 Å². The molecule has 8 bridgehead atoms. The van der Waals surface area contributed by atoms with Crippen LogP contribution in [0, 0.1) is 0 Å². The van der Waals surface area contributed by atoms with Crippen molar-refractivity contribution in [3.05, 3.63) is 97.1 Å². The van der Waals surface area contributed by atoms with E-state index in [9.17, 15) is 0 Å². The van der Waals surface area contributed by atoms with Gasteiger partial charge in [0.1, 0.15) is 22.6 Å². The minimum absolute atomic E-state index is 0.597. The van der Waals surface area contributed by atoms with E-state index >= 15 is 0 Å². The van der Waals surface area contributed by atoms with Gasteiger partial charge in [-0.1, -0.05) is 97.1 Å². The molecule has 2 aliphatic rings. The fraction of sp³-hybridized carbons (Fsp3) is 0. The maximum Gasteiger partial charge on any atom is 0.164 e. The molecule has 9 rings (SSSR count). The molecule has 0 saturated heterocycles. The van der Waals surface area contributed by atoms with Crippen LogP contribution < -0.4 is 0 Å². The van der Waals surface area contributed by atoms with Crippen LogP contribution in [0.4, 0.5) is 0 Å². The topological polar surface area (TPSA) is 109 Å². The number of H-pyrrole nitrogens is 2. The molecular weight excluding hydrogens is 1070 g/mol. The van der Waals surface area contributed by atoms with Crippen LogP contribution in [0.2, 0.25) is 0 Å². The number of halogens is 4. The Labute approximate surface area is 302 Å². The second-order valence-corrected chi connectivity index (χ2v) is 152. The van der Waals surface area contributed by atoms with Crippen molar-refractivity contribution in [3.8, 4) is 45.6 Å². The number of hydrogen-bond donors (Lipinski definition) is 2. The summed E-state index contributed by atoms with van der Waals surface area (Å²) in [6.07, 6.45) is 0. The van der Waals surface area contributed by atoms with Gasteiger partial charge in [0.15, 0.2) is 23.3 Å². The van der Waals surface area contributed by atoms with Crippen molar-refractivity contribution in [2.24, 2.45) is 0 Å². The maximum absolute atomic E-state index is 5.02. The van der Waals surface area contributed by atoms with Gasteiger partial charge in [-0.25, -0.2) is 29.9 Å². The van der Waals surface area contributed by atoms with Crippen LogP contribution in [0.15, 0.2) is 97.1 Å². The van der Waals surface area contributed by atoms with Gasteiger partial charge in [-0.05, 0) is 0 Å². The Hall–Kier alpha value is -2.22. The number of aromatic amines is 2. The number of nitrogens with zero attached hydrogens (tertiary/aromatic N) is 6. The predicted molar refractivity (Wildman–Crippen MR) is 212 cm³/mol. The summed E-state index contributed by atoms with van der Waals surface area (Å²) in [6.45, 7) is 0. The predicted octanol–water partition coefficient (Wildman–Crippen LogP) is 10.4. The maximum atomic E-state index is 5.02. The van der Waals surface area contributed by atoms with Gasteiger partial charge < -0.3 is 9.97 Å². The van der Waals surface area contributed by atoms with Crippen molar-refractivity contribution in [1.82, 2.24) is 39.9 Å². The molecule has 3 aromatic heterocycles. The van der Waals surface area contributed by atoms with Gasteiger partial charge in [-0.15, -0.1) is 0 Å². The van der Waals surface area contributed by atoms with Gasteiger partial charge in [0.25, 0.3) is 0 Å². The summed E-state index contributed by atoms with van der Waals surface area (Å²) in [4.78, 5) is 36.8. The molecule has 8 nitrogen and oxygen atoms in total. The van der Waals surface area contributed by atoms with Gasteiger partial charge in [-0.2, -0.15) is 0 Å². The Morgan fingerprint density at radius 3 is 0.822 bits per heavy atom. The zero-order valence-electron chi connectivity index (χ0n) is 23.1. The van der Waals surface area contributed by atoms with Gasteiger partial charge >= 0.3 is 79.7 Å². The number of rotatable bonds is 0. The molecule has 0 saturated carbocycles. The first-order chi connectivity index (χ1) is 21.8. The number of fused-ring (bicyclic) bond motifs is 20. The van der Waals surface area contributed by atoms with E-state index in [1.807, 2.05) is 97.1 Å². The van der Waals surface area contributed by atoms with E-state index in [1.54, 1.807) is 0 Å². The first kappa shape index (κ1) is 30.1. The van der Waals surface area contributed by atoms with Crippen LogP contribution in [-0.2, 0) is 0.719 Å². The molecule has 13 heteroatoms. The second kappa shape index (κ2) is 12.1. The Morgan fingerprint density at radius 2 is 0.578 bits per heavy atom. The van der Waals surface area contributed by atoms with E-state index in [4.69, 9.17) is 29.9 Å². The third-order valence-electron chi connectivity index (χ3n) is 7.46. The van der Waals surface area contributed by atoms with Crippen molar-refractivity contribution >= 4 is 123 Å². The molecule has 0 fully saturated rings. The third-order valence-corrected chi connectivity index (χ3v) is 7.46. The van der Waals surface area contributed by atoms with E-state index < -0.39 is 0.719 Å². The van der Waals surface area contributed by atoms with Crippen LogP contribution in [0.5, 0.6) is 0 Å². The molecule has 0 amide bonds. The van der Waals surface area contributed by atoms with Crippen molar-refractivity contribution < 1.29 is 0.719 Å². The quantitative estimate of drug-likeness (QED) is 0.116. The van der Waals surface area contributed by atoms with Crippen molar-refractivity contribution in [3.63, 3.8) is 0 Å². The zero-order valence-corrected chi connectivity index (χ0v) is 34.7. The summed E-state index contributed by atoms with van der Waals surface area (Å²) in [5.74, 6) is 2.39. The Bertz CT molecular complexity index is 2140. The number of aromatic nitrogens is 8. The van der Waals surface area contributed by atoms with E-state index in [1.165, 1.54) is 0 Å². The van der Waals surface area contributed by atoms with E-state index in [0.29, 0.717) is 45.9 Å². The molecule has 0 radical (unpaired) electrons. The third kappa shape index (κ3) is 5.91. The average Bonchev–Trinajstić information content (AvgIpc) is 3.76. The van der Waals surface area contributed by atoms with Gasteiger partial charge in [0.2, 0.25) is 0 Å². The second-order valence-electron chi connectivity index (χ2n) is 10.4. The summed E-state index contributed by atoms with van der Waals surface area (Å²) >= 11 is 10.2. The van der Waals surface area contributed by atoms with Crippen molar-refractivity contribution in [2.45, 2.75) is 0 Å². The molecule has 0 aliphatic carbocycles. The molecule has 2 N–H and O–H groups in total. The molecule has 216 valence electrons. The van der Waals surface area contributed by atoms with Crippen molar-refractivity contribution in [1.29, 1.82) is 0 Å². The Morgan fingerprint density at radius 1 is 0.356 bits per heavy atom. The monoisotopic (exact) mass is 1090 g/mol. The van der Waals surface area contributed by atoms with E-state index in [-0.39, 0.29) is 0 Å². The van der Waals surface area contributed by atoms with Crippen LogP contribution in [-0.4, -0.2) is 39.9 Å². The largest absolute Gasteiger partial charge is 0.324 e. The zero-order chi connectivity index (χ0) is 30.7. The molecule has 7 aromatic rings. The van der Waals surface area contributed by atoms with E-state index in [0.717, 1.165) is 43.8 Å². The van der Waals surface area contributed by atoms with Crippen LogP contribution in [0.3, 0.4) is 0 Å². The summed E-state index contributed by atoms with van der Waals surface area (Å²) < 4.78 is -1.37. The number of hydrogen-bond acceptors (Lipinski definition) is 6. The van der Waals surface area contributed by atoms with Crippen LogP contribution in [0.25, 0.3) is 89.7 Å². The minimum Gasteiger partial charge on any atom is -0.324 e. The Balaban J connectivity index is 0.000000560. The smallest absolute Gasteiger partial charge is 0.164 e. The van der Waals surface area contributed by atoms with Crippen LogP contribution in [0.1, 0.15) is 0 Å². The molecule has 0 atom stereocenters. The van der Waals surface area contributed by atoms with Crippen LogP contribution >= 0.6 is 79.0 Å². The van der Waals surface area contributed by atoms with Crippen molar-refractivity contribution in [2.75, 3.05) is 0 Å². The minimum atomic E-state index is -1.37. The first-order valence-corrected chi connectivity index (χ1v) is 50.3. The molecule has 4 aromatic carbocycles. The summed E-state index contributed by atoms with van der Waals surface area (Å²) in [7, 11) is 0. The fourth-order valence-corrected chi connectivity index (χ4v) is 5.59. The van der Waals surface area contributed by atoms with E-state index in [2.05, 4.69) is 89.0 Å². The average molecular weight is 1090 g/mol. The SMILES string of the molecule is [I][Zn]([I])([I])[I].c1ccc2c(c1)-c1nc-2nc2[nH]c(nc3nc(nc4[nH]c(n1)c1ccccc41)-c1ccccc1-3)c1ccccc21. The van der Waals surface area contributed by atoms with Gasteiger partial charge in [0, 0.05) is 43.8 Å². The fourth-order valence-electron chi connectivity index (χ4n) is 5.59. The molecule has 0 spiro atoms. The molecule has 2 aliphatic heterocycles. The molecule has 5 heterocycles. The molecule has 0 unspecified atom stereocenters.